The maximum Gasteiger partial charge on any atom is 0.314 e. The van der Waals surface area contributed by atoms with Gasteiger partial charge in [-0.3, -0.25) is 19.2 Å². The monoisotopic (exact) mass is 663 g/mol. The van der Waals surface area contributed by atoms with Gasteiger partial charge in [-0.2, -0.15) is 0 Å². The summed E-state index contributed by atoms with van der Waals surface area (Å²) in [5.74, 6) is -0.474. The van der Waals surface area contributed by atoms with E-state index in [1.807, 2.05) is 32.9 Å². The van der Waals surface area contributed by atoms with Crippen LogP contribution < -0.4 is 15.4 Å². The fraction of sp³-hybridized carbons (Fsp3) is 0.514. The lowest BCUT2D eigenvalue weighted by atomic mass is 9.78. The Kier molecular flexibility index (Phi) is 13.0. The number of esters is 1. The summed E-state index contributed by atoms with van der Waals surface area (Å²) >= 11 is 0. The SMILES string of the molecule is CCOC(=O)C1(CCOC)CNC(=O)CCCN(C(=O)Cc2coc3c(C)c(C)cc(C)c23)CCCNC(=O)COc2ccc(cc2)C1. The molecule has 11 nitrogen and oxygen atoms in total. The molecule has 3 heterocycles. The Balaban J connectivity index is 1.53. The second kappa shape index (κ2) is 17.1. The minimum Gasteiger partial charge on any atom is -0.484 e. The molecule has 0 saturated carbocycles. The van der Waals surface area contributed by atoms with Crippen LogP contribution in [-0.4, -0.2) is 81.7 Å². The van der Waals surface area contributed by atoms with Gasteiger partial charge in [0.05, 0.1) is 24.7 Å². The van der Waals surface area contributed by atoms with Crippen LogP contribution in [0.3, 0.4) is 0 Å². The molecular formula is C37H49N3O8. The second-order valence-electron chi connectivity index (χ2n) is 12.6. The number of amides is 3. The highest BCUT2D eigenvalue weighted by Gasteiger charge is 2.40. The molecule has 3 amide bonds. The van der Waals surface area contributed by atoms with Gasteiger partial charge in [0.2, 0.25) is 11.8 Å². The first kappa shape index (κ1) is 36.5. The summed E-state index contributed by atoms with van der Waals surface area (Å²) in [7, 11) is 1.57. The van der Waals surface area contributed by atoms with Crippen LogP contribution in [0.5, 0.6) is 5.75 Å². The summed E-state index contributed by atoms with van der Waals surface area (Å²) in [4.78, 5) is 54.5. The molecule has 2 N–H and O–H groups in total. The molecule has 2 aliphatic rings. The molecule has 0 fully saturated rings. The Morgan fingerprint density at radius 3 is 2.48 bits per heavy atom. The van der Waals surface area contributed by atoms with Crippen molar-refractivity contribution in [3.8, 4) is 5.75 Å². The van der Waals surface area contributed by atoms with Gasteiger partial charge in [0.15, 0.2) is 6.61 Å². The van der Waals surface area contributed by atoms with Gasteiger partial charge in [-0.25, -0.2) is 0 Å². The number of carbonyl (C=O) groups excluding carboxylic acids is 4. The zero-order chi connectivity index (χ0) is 34.7. The van der Waals surface area contributed by atoms with Crippen molar-refractivity contribution in [2.75, 3.05) is 53.1 Å². The van der Waals surface area contributed by atoms with Gasteiger partial charge in [0.25, 0.3) is 5.91 Å². The van der Waals surface area contributed by atoms with Crippen LogP contribution in [0.2, 0.25) is 0 Å². The van der Waals surface area contributed by atoms with Gasteiger partial charge >= 0.3 is 5.97 Å². The lowest BCUT2D eigenvalue weighted by Gasteiger charge is -2.32. The average Bonchev–Trinajstić information content (AvgIpc) is 3.49. The van der Waals surface area contributed by atoms with Crippen molar-refractivity contribution in [1.82, 2.24) is 15.5 Å². The van der Waals surface area contributed by atoms with Gasteiger partial charge in [-0.1, -0.05) is 18.2 Å². The van der Waals surface area contributed by atoms with Crippen molar-refractivity contribution in [3.05, 3.63) is 64.4 Å². The zero-order valence-electron chi connectivity index (χ0n) is 28.9. The van der Waals surface area contributed by atoms with Crippen molar-refractivity contribution >= 4 is 34.7 Å². The highest BCUT2D eigenvalue weighted by Crippen LogP contribution is 2.32. The largest absolute Gasteiger partial charge is 0.484 e. The maximum atomic E-state index is 13.7. The van der Waals surface area contributed by atoms with Crippen LogP contribution in [0.25, 0.3) is 11.0 Å². The number of nitrogens with zero attached hydrogens (tertiary/aromatic N) is 1. The van der Waals surface area contributed by atoms with Crippen LogP contribution in [0.15, 0.2) is 41.0 Å². The molecule has 0 spiro atoms. The minimum absolute atomic E-state index is 0.0703. The first-order valence-electron chi connectivity index (χ1n) is 16.7. The number of carbonyl (C=O) groups is 4. The number of ether oxygens (including phenoxy) is 3. The van der Waals surface area contributed by atoms with Crippen LogP contribution in [0.4, 0.5) is 0 Å². The minimum atomic E-state index is -1.06. The molecule has 0 radical (unpaired) electrons. The Labute approximate surface area is 282 Å². The molecular weight excluding hydrogens is 614 g/mol. The number of fused-ring (bicyclic) bond motifs is 18. The van der Waals surface area contributed by atoms with Crippen molar-refractivity contribution in [1.29, 1.82) is 0 Å². The van der Waals surface area contributed by atoms with E-state index in [2.05, 4.69) is 16.7 Å². The van der Waals surface area contributed by atoms with E-state index >= 15 is 0 Å². The molecule has 5 rings (SSSR count). The fourth-order valence-electron chi connectivity index (χ4n) is 6.20. The molecule has 2 bridgehead atoms. The van der Waals surface area contributed by atoms with Crippen molar-refractivity contribution in [3.63, 3.8) is 0 Å². The van der Waals surface area contributed by atoms with Crippen LogP contribution >= 0.6 is 0 Å². The lowest BCUT2D eigenvalue weighted by Crippen LogP contribution is -2.46. The van der Waals surface area contributed by atoms with E-state index in [9.17, 15) is 19.2 Å². The molecule has 0 aliphatic carbocycles. The summed E-state index contributed by atoms with van der Waals surface area (Å²) in [5.41, 5.74) is 4.64. The summed E-state index contributed by atoms with van der Waals surface area (Å²) in [6.45, 7) is 9.37. The Morgan fingerprint density at radius 1 is 1.00 bits per heavy atom. The molecule has 1 aromatic heterocycles. The molecule has 2 aliphatic heterocycles. The standard InChI is InChI=1S/C37H49N3O8/c1-6-46-36(44)37(14-18-45-5)21-28-10-12-30(13-11-28)47-23-32(42)38-15-8-17-40(16-7-9-31(41)39-24-37)33(43)20-29-22-48-35-27(4)25(2)19-26(3)34(29)35/h10-13,19,22H,6-9,14-18,20-21,23-24H2,1-5H3,(H,38,42)(H,39,41). The first-order chi connectivity index (χ1) is 23.1. The van der Waals surface area contributed by atoms with Gasteiger partial charge < -0.3 is 34.2 Å². The van der Waals surface area contributed by atoms with E-state index in [0.29, 0.717) is 57.7 Å². The third kappa shape index (κ3) is 9.37. The number of hydrogen-bond acceptors (Lipinski definition) is 8. The topological polar surface area (TPSA) is 136 Å². The molecule has 3 aromatic rings. The van der Waals surface area contributed by atoms with E-state index in [1.165, 1.54) is 0 Å². The molecule has 2 aromatic carbocycles. The zero-order valence-corrected chi connectivity index (χ0v) is 28.9. The molecule has 0 saturated heterocycles. The number of aryl methyl sites for hydroxylation is 3. The highest BCUT2D eigenvalue weighted by molar-refractivity contribution is 5.92. The van der Waals surface area contributed by atoms with Gasteiger partial charge in [0.1, 0.15) is 11.3 Å². The number of nitrogens with one attached hydrogen (secondary N) is 2. The quantitative estimate of drug-likeness (QED) is 0.356. The third-order valence-electron chi connectivity index (χ3n) is 9.03. The Bertz CT molecular complexity index is 1580. The van der Waals surface area contributed by atoms with Crippen LogP contribution in [0.1, 0.15) is 60.4 Å². The van der Waals surface area contributed by atoms with E-state index < -0.39 is 11.4 Å². The summed E-state index contributed by atoms with van der Waals surface area (Å²) in [5, 5.41) is 6.79. The first-order valence-corrected chi connectivity index (χ1v) is 16.7. The lowest BCUT2D eigenvalue weighted by molar-refractivity contribution is -0.156. The average molecular weight is 664 g/mol. The van der Waals surface area contributed by atoms with Crippen molar-refractivity contribution in [2.24, 2.45) is 5.41 Å². The third-order valence-corrected chi connectivity index (χ3v) is 9.03. The van der Waals surface area contributed by atoms with E-state index in [-0.39, 0.29) is 50.3 Å². The van der Waals surface area contributed by atoms with Gasteiger partial charge in [-0.05, 0) is 87.8 Å². The summed E-state index contributed by atoms with van der Waals surface area (Å²) < 4.78 is 22.4. The molecule has 11 heteroatoms. The second-order valence-corrected chi connectivity index (χ2v) is 12.6. The Hall–Kier alpha value is -4.38. The van der Waals surface area contributed by atoms with E-state index in [1.54, 1.807) is 37.3 Å². The van der Waals surface area contributed by atoms with E-state index in [0.717, 1.165) is 38.8 Å². The van der Waals surface area contributed by atoms with Crippen molar-refractivity contribution < 1.29 is 37.8 Å². The predicted molar refractivity (Wildman–Crippen MR) is 182 cm³/mol. The number of furan rings is 1. The Morgan fingerprint density at radius 2 is 1.75 bits per heavy atom. The number of hydrogen-bond donors (Lipinski definition) is 2. The van der Waals surface area contributed by atoms with Crippen LogP contribution in [-0.2, 0) is 41.5 Å². The van der Waals surface area contributed by atoms with Gasteiger partial charge in [0, 0.05) is 57.3 Å². The van der Waals surface area contributed by atoms with Gasteiger partial charge in [-0.15, -0.1) is 0 Å². The molecule has 1 atom stereocenters. The van der Waals surface area contributed by atoms with Crippen molar-refractivity contribution in [2.45, 2.75) is 66.2 Å². The molecule has 48 heavy (non-hydrogen) atoms. The summed E-state index contributed by atoms with van der Waals surface area (Å²) in [6, 6.07) is 9.30. The summed E-state index contributed by atoms with van der Waals surface area (Å²) in [6.07, 6.45) is 3.58. The highest BCUT2D eigenvalue weighted by atomic mass is 16.5. The molecule has 1 unspecified atom stereocenters. The predicted octanol–water partition coefficient (Wildman–Crippen LogP) is 4.35. The molecule has 260 valence electrons. The van der Waals surface area contributed by atoms with E-state index in [4.69, 9.17) is 18.6 Å². The smallest absolute Gasteiger partial charge is 0.314 e. The normalized spacial score (nSPS) is 18.6. The number of methoxy groups -OCH3 is 1. The maximum absolute atomic E-state index is 13.7. The van der Waals surface area contributed by atoms with Crippen LogP contribution in [0, 0.1) is 26.2 Å². The fourth-order valence-corrected chi connectivity index (χ4v) is 6.20. The number of rotatable bonds is 7. The number of benzene rings is 2.